The van der Waals surface area contributed by atoms with Crippen LogP contribution in [0.2, 0.25) is 0 Å². The zero-order valence-electron chi connectivity index (χ0n) is 22.1. The summed E-state index contributed by atoms with van der Waals surface area (Å²) in [6.07, 6.45) is 5.28. The molecule has 39 heavy (non-hydrogen) atoms. The van der Waals surface area contributed by atoms with E-state index in [2.05, 4.69) is 16.8 Å². The number of halogens is 4. The highest BCUT2D eigenvalue weighted by Gasteiger charge is 2.45. The highest BCUT2D eigenvalue weighted by molar-refractivity contribution is 5.64. The number of allylic oxidation sites excluding steroid dienone is 1. The van der Waals surface area contributed by atoms with Crippen molar-refractivity contribution in [1.82, 2.24) is 24.6 Å². The van der Waals surface area contributed by atoms with Gasteiger partial charge in [-0.05, 0) is 54.5 Å². The van der Waals surface area contributed by atoms with Gasteiger partial charge in [-0.15, -0.1) is 10.2 Å². The molecule has 0 amide bonds. The Kier molecular flexibility index (Phi) is 6.21. The molecule has 1 aliphatic carbocycles. The van der Waals surface area contributed by atoms with E-state index in [9.17, 15) is 17.6 Å². The van der Waals surface area contributed by atoms with E-state index in [1.807, 2.05) is 40.8 Å². The molecule has 4 aliphatic rings. The molecular weight excluding hydrogens is 508 g/mol. The molecule has 1 saturated heterocycles. The maximum atomic E-state index is 14.4. The van der Waals surface area contributed by atoms with E-state index in [1.54, 1.807) is 24.4 Å². The number of fused-ring (bicyclic) bond motifs is 1. The van der Waals surface area contributed by atoms with E-state index < -0.39 is 17.4 Å². The van der Waals surface area contributed by atoms with Gasteiger partial charge in [0.1, 0.15) is 23.6 Å². The summed E-state index contributed by atoms with van der Waals surface area (Å²) in [7, 11) is 1.93. The van der Waals surface area contributed by atoms with Crippen LogP contribution in [-0.4, -0.2) is 56.0 Å². The number of hydrogen-bond donors (Lipinski definition) is 0. The molecule has 1 unspecified atom stereocenters. The van der Waals surface area contributed by atoms with Crippen LogP contribution >= 0.6 is 0 Å². The number of alkyl halides is 4. The first-order valence-corrected chi connectivity index (χ1v) is 13.4. The SMILES string of the molecule is C=C1N2C=C(CN3CC(F)(CC)C3)C=C(C(F)(F)F)C2=CN1c1cccc(C(c2nncn2C)C2CCC2)c1. The topological polar surface area (TPSA) is 40.4 Å². The molecule has 1 aromatic heterocycles. The Morgan fingerprint density at radius 1 is 1.15 bits per heavy atom. The zero-order valence-corrected chi connectivity index (χ0v) is 22.1. The van der Waals surface area contributed by atoms with Gasteiger partial charge in [-0.2, -0.15) is 13.2 Å². The molecule has 1 atom stereocenters. The first kappa shape index (κ1) is 25.9. The molecule has 2 aromatic rings. The summed E-state index contributed by atoms with van der Waals surface area (Å²) in [5, 5.41) is 8.47. The van der Waals surface area contributed by atoms with Crippen molar-refractivity contribution in [2.24, 2.45) is 13.0 Å². The van der Waals surface area contributed by atoms with Crippen molar-refractivity contribution >= 4 is 5.69 Å². The summed E-state index contributed by atoms with van der Waals surface area (Å²) >= 11 is 0. The lowest BCUT2D eigenvalue weighted by Crippen LogP contribution is -2.58. The smallest absolute Gasteiger partial charge is 0.320 e. The molecule has 0 radical (unpaired) electrons. The Morgan fingerprint density at radius 3 is 2.54 bits per heavy atom. The molecule has 0 bridgehead atoms. The van der Waals surface area contributed by atoms with E-state index in [0.717, 1.165) is 29.9 Å². The molecule has 0 spiro atoms. The fourth-order valence-electron chi connectivity index (χ4n) is 6.05. The minimum absolute atomic E-state index is 0.0301. The normalized spacial score (nSPS) is 22.1. The van der Waals surface area contributed by atoms with Gasteiger partial charge in [-0.1, -0.05) is 32.1 Å². The summed E-state index contributed by atoms with van der Waals surface area (Å²) < 4.78 is 59.0. The van der Waals surface area contributed by atoms with Crippen molar-refractivity contribution < 1.29 is 17.6 Å². The van der Waals surface area contributed by atoms with Gasteiger partial charge in [0, 0.05) is 50.7 Å². The molecule has 6 nitrogen and oxygen atoms in total. The first-order valence-electron chi connectivity index (χ1n) is 13.4. The lowest BCUT2D eigenvalue weighted by molar-refractivity contribution is -0.0910. The monoisotopic (exact) mass is 540 g/mol. The Hall–Kier alpha value is -3.40. The fourth-order valence-corrected chi connectivity index (χ4v) is 6.05. The molecule has 3 aliphatic heterocycles. The fraction of sp³-hybridized carbons (Fsp3) is 0.448. The van der Waals surface area contributed by atoms with Gasteiger partial charge in [-0.25, -0.2) is 4.39 Å². The van der Waals surface area contributed by atoms with Gasteiger partial charge in [0.15, 0.2) is 0 Å². The predicted octanol–water partition coefficient (Wildman–Crippen LogP) is 6.00. The van der Waals surface area contributed by atoms with Gasteiger partial charge in [0.05, 0.1) is 11.3 Å². The quantitative estimate of drug-likeness (QED) is 0.403. The maximum absolute atomic E-state index is 14.4. The third-order valence-corrected chi connectivity index (χ3v) is 8.48. The van der Waals surface area contributed by atoms with Crippen molar-refractivity contribution in [3.63, 3.8) is 0 Å². The zero-order chi connectivity index (χ0) is 27.5. The second-order valence-corrected chi connectivity index (χ2v) is 11.1. The Balaban J connectivity index is 1.31. The van der Waals surface area contributed by atoms with Crippen molar-refractivity contribution in [2.45, 2.75) is 50.4 Å². The van der Waals surface area contributed by atoms with Crippen LogP contribution in [-0.2, 0) is 7.05 Å². The van der Waals surface area contributed by atoms with Gasteiger partial charge in [0.2, 0.25) is 0 Å². The van der Waals surface area contributed by atoms with E-state index in [4.69, 9.17) is 0 Å². The van der Waals surface area contributed by atoms with Crippen molar-refractivity contribution in [3.8, 4) is 0 Å². The Labute approximate surface area is 225 Å². The summed E-state index contributed by atoms with van der Waals surface area (Å²) in [6.45, 7) is 6.65. The van der Waals surface area contributed by atoms with Crippen molar-refractivity contribution in [1.29, 1.82) is 0 Å². The van der Waals surface area contributed by atoms with Crippen LogP contribution in [0.3, 0.4) is 0 Å². The Bertz CT molecular complexity index is 1380. The van der Waals surface area contributed by atoms with Crippen LogP contribution in [0.25, 0.3) is 0 Å². The highest BCUT2D eigenvalue weighted by atomic mass is 19.4. The molecule has 10 heteroatoms. The summed E-state index contributed by atoms with van der Waals surface area (Å²) in [5.41, 5.74) is 0.307. The minimum Gasteiger partial charge on any atom is -0.320 e. The van der Waals surface area contributed by atoms with Gasteiger partial charge >= 0.3 is 6.18 Å². The van der Waals surface area contributed by atoms with E-state index in [-0.39, 0.29) is 31.2 Å². The highest BCUT2D eigenvalue weighted by Crippen LogP contribution is 2.46. The van der Waals surface area contributed by atoms with Crippen molar-refractivity contribution in [3.05, 3.63) is 89.7 Å². The number of benzene rings is 1. The average Bonchev–Trinajstić information content (AvgIpc) is 3.42. The van der Waals surface area contributed by atoms with Crippen LogP contribution in [0.5, 0.6) is 0 Å². The van der Waals surface area contributed by atoms with Gasteiger partial charge < -0.3 is 14.4 Å². The van der Waals surface area contributed by atoms with Crippen LogP contribution in [0.4, 0.5) is 23.2 Å². The lowest BCUT2D eigenvalue weighted by Gasteiger charge is -2.44. The largest absolute Gasteiger partial charge is 0.418 e. The molecule has 0 N–H and O–H groups in total. The molecule has 2 fully saturated rings. The summed E-state index contributed by atoms with van der Waals surface area (Å²) in [5.74, 6) is 1.79. The molecule has 1 aromatic carbocycles. The second-order valence-electron chi connectivity index (χ2n) is 11.1. The number of hydrogen-bond acceptors (Lipinski definition) is 5. The number of aromatic nitrogens is 3. The molecule has 1 saturated carbocycles. The Morgan fingerprint density at radius 2 is 1.92 bits per heavy atom. The third kappa shape index (κ3) is 4.58. The minimum atomic E-state index is -4.55. The van der Waals surface area contributed by atoms with Gasteiger partial charge in [0.25, 0.3) is 0 Å². The third-order valence-electron chi connectivity index (χ3n) is 8.48. The van der Waals surface area contributed by atoms with Crippen LogP contribution in [0.1, 0.15) is 49.9 Å². The number of rotatable bonds is 7. The van der Waals surface area contributed by atoms with Gasteiger partial charge in [-0.3, -0.25) is 4.90 Å². The van der Waals surface area contributed by atoms with Crippen LogP contribution < -0.4 is 4.90 Å². The molecule has 4 heterocycles. The number of likely N-dealkylation sites (tertiary alicyclic amines) is 1. The van der Waals surface area contributed by atoms with E-state index in [1.165, 1.54) is 23.6 Å². The number of anilines is 1. The van der Waals surface area contributed by atoms with E-state index in [0.29, 0.717) is 23.7 Å². The molecule has 6 rings (SSSR count). The average molecular weight is 541 g/mol. The number of aryl methyl sites for hydroxylation is 1. The van der Waals surface area contributed by atoms with E-state index >= 15 is 0 Å². The first-order chi connectivity index (χ1) is 18.6. The maximum Gasteiger partial charge on any atom is 0.418 e. The van der Waals surface area contributed by atoms with Crippen LogP contribution in [0.15, 0.2) is 78.3 Å². The standard InChI is InChI=1S/C29H32F4N6/c1-4-28(30)16-37(17-28)13-20-11-24(29(31,32)33)25-15-38(19(2)39(25)14-20)23-10-6-9-22(12-23)26(21-7-5-8-21)27-35-34-18-36(27)3/h6,9-12,14-15,18,21,26H,2,4-5,7-8,13,16-17H2,1,3H3. The molecular formula is C29H32F4N6. The predicted molar refractivity (Wildman–Crippen MR) is 141 cm³/mol. The molecule has 206 valence electrons. The summed E-state index contributed by atoms with van der Waals surface area (Å²) in [6, 6.07) is 7.88. The van der Waals surface area contributed by atoms with Crippen molar-refractivity contribution in [2.75, 3.05) is 24.5 Å². The number of nitrogens with zero attached hydrogens (tertiary/aromatic N) is 6. The summed E-state index contributed by atoms with van der Waals surface area (Å²) in [4.78, 5) is 5.04. The van der Waals surface area contributed by atoms with Crippen LogP contribution in [0, 0.1) is 5.92 Å². The second kappa shape index (κ2) is 9.36. The lowest BCUT2D eigenvalue weighted by atomic mass is 9.72.